The van der Waals surface area contributed by atoms with Crippen LogP contribution >= 0.6 is 15.9 Å². The van der Waals surface area contributed by atoms with Crippen molar-refractivity contribution < 1.29 is 23.7 Å². The molecule has 6 heteroatoms. The summed E-state index contributed by atoms with van der Waals surface area (Å²) in [6, 6.07) is 10.4. The minimum atomic E-state index is -0.396. The molecule has 2 aromatic rings. The highest BCUT2D eigenvalue weighted by atomic mass is 79.9. The Morgan fingerprint density at radius 2 is 1.86 bits per heavy atom. The summed E-state index contributed by atoms with van der Waals surface area (Å²) in [6.07, 6.45) is 0. The molecule has 0 amide bonds. The molecule has 0 aromatic heterocycles. The smallest absolute Gasteiger partial charge is 0.338 e. The molecule has 3 rings (SSSR count). The van der Waals surface area contributed by atoms with Crippen LogP contribution in [0.3, 0.4) is 0 Å². The van der Waals surface area contributed by atoms with Crippen LogP contribution in [0.4, 0.5) is 0 Å². The Morgan fingerprint density at radius 3 is 2.55 bits per heavy atom. The fourth-order valence-corrected chi connectivity index (χ4v) is 2.46. The summed E-state index contributed by atoms with van der Waals surface area (Å²) in [5.41, 5.74) is 1.28. The number of carbonyl (C=O) groups excluding carboxylic acids is 1. The highest BCUT2D eigenvalue weighted by Gasteiger charge is 2.17. The first-order valence-corrected chi connectivity index (χ1v) is 7.36. The van der Waals surface area contributed by atoms with Crippen LogP contribution in [0.15, 0.2) is 40.9 Å². The van der Waals surface area contributed by atoms with Crippen LogP contribution in [0.1, 0.15) is 15.9 Å². The van der Waals surface area contributed by atoms with Crippen molar-refractivity contribution in [2.45, 2.75) is 6.61 Å². The molecule has 22 heavy (non-hydrogen) atoms. The molecule has 2 aromatic carbocycles. The van der Waals surface area contributed by atoms with Gasteiger partial charge >= 0.3 is 5.97 Å². The highest BCUT2D eigenvalue weighted by Crippen LogP contribution is 2.37. The van der Waals surface area contributed by atoms with Gasteiger partial charge in [0.1, 0.15) is 12.4 Å². The molecule has 0 N–H and O–H groups in total. The van der Waals surface area contributed by atoms with Crippen LogP contribution in [0, 0.1) is 0 Å². The normalized spacial score (nSPS) is 12.1. The summed E-state index contributed by atoms with van der Waals surface area (Å²) in [7, 11) is 1.57. The van der Waals surface area contributed by atoms with Crippen LogP contribution in [0.5, 0.6) is 17.2 Å². The second-order valence-electron chi connectivity index (χ2n) is 4.60. The van der Waals surface area contributed by atoms with Gasteiger partial charge in [-0.1, -0.05) is 15.9 Å². The molecule has 1 aliphatic heterocycles. The fraction of sp³-hybridized carbons (Fsp3) is 0.188. The number of methoxy groups -OCH3 is 1. The van der Waals surface area contributed by atoms with Crippen molar-refractivity contribution >= 4 is 21.9 Å². The van der Waals surface area contributed by atoms with E-state index in [1.54, 1.807) is 43.5 Å². The van der Waals surface area contributed by atoms with Gasteiger partial charge in [0.2, 0.25) is 6.79 Å². The SMILES string of the molecule is COc1ccc(C(=O)OCc2cc3c(cc2Br)OCO3)cc1. The predicted molar refractivity (Wildman–Crippen MR) is 82.4 cm³/mol. The summed E-state index contributed by atoms with van der Waals surface area (Å²) in [4.78, 5) is 12.0. The summed E-state index contributed by atoms with van der Waals surface area (Å²) < 4.78 is 21.8. The number of fused-ring (bicyclic) bond motifs is 1. The van der Waals surface area contributed by atoms with Gasteiger partial charge in [-0.25, -0.2) is 4.79 Å². The van der Waals surface area contributed by atoms with Gasteiger partial charge in [-0.2, -0.15) is 0 Å². The van der Waals surface area contributed by atoms with Crippen molar-refractivity contribution in [2.75, 3.05) is 13.9 Å². The van der Waals surface area contributed by atoms with E-state index in [1.165, 1.54) is 0 Å². The summed E-state index contributed by atoms with van der Waals surface area (Å²) in [6.45, 7) is 0.346. The molecule has 0 radical (unpaired) electrons. The van der Waals surface area contributed by atoms with Gasteiger partial charge in [0.25, 0.3) is 0 Å². The standard InChI is InChI=1S/C16H13BrO5/c1-19-12-4-2-10(3-5-12)16(18)20-8-11-6-14-15(7-13(11)17)22-9-21-14/h2-7H,8-9H2,1H3. The molecule has 1 heterocycles. The molecule has 0 bridgehead atoms. The van der Waals surface area contributed by atoms with E-state index in [-0.39, 0.29) is 13.4 Å². The first-order chi connectivity index (χ1) is 10.7. The Balaban J connectivity index is 1.68. The number of benzene rings is 2. The molecule has 1 aliphatic rings. The Kier molecular flexibility index (Phi) is 4.20. The van der Waals surface area contributed by atoms with E-state index in [2.05, 4.69) is 15.9 Å². The van der Waals surface area contributed by atoms with Crippen molar-refractivity contribution in [3.05, 3.63) is 52.0 Å². The summed E-state index contributed by atoms with van der Waals surface area (Å²) >= 11 is 3.43. The molecule has 114 valence electrons. The molecule has 0 aliphatic carbocycles. The lowest BCUT2D eigenvalue weighted by molar-refractivity contribution is 0.0471. The van der Waals surface area contributed by atoms with E-state index in [0.29, 0.717) is 22.8 Å². The number of carbonyl (C=O) groups is 1. The topological polar surface area (TPSA) is 54.0 Å². The molecule has 0 unspecified atom stereocenters. The number of hydrogen-bond donors (Lipinski definition) is 0. The lowest BCUT2D eigenvalue weighted by atomic mass is 10.2. The zero-order chi connectivity index (χ0) is 15.5. The van der Waals surface area contributed by atoms with Crippen molar-refractivity contribution in [2.24, 2.45) is 0 Å². The lowest BCUT2D eigenvalue weighted by Gasteiger charge is -2.08. The number of ether oxygens (including phenoxy) is 4. The summed E-state index contributed by atoms with van der Waals surface area (Å²) in [5.74, 6) is 1.62. The van der Waals surface area contributed by atoms with Gasteiger partial charge in [0.05, 0.1) is 12.7 Å². The van der Waals surface area contributed by atoms with E-state index in [1.807, 2.05) is 0 Å². The summed E-state index contributed by atoms with van der Waals surface area (Å²) in [5, 5.41) is 0. The number of hydrogen-bond acceptors (Lipinski definition) is 5. The minimum absolute atomic E-state index is 0.141. The average Bonchev–Trinajstić information content (AvgIpc) is 2.99. The van der Waals surface area contributed by atoms with Crippen molar-refractivity contribution in [1.29, 1.82) is 0 Å². The Hall–Kier alpha value is -2.21. The van der Waals surface area contributed by atoms with Crippen LogP contribution in [-0.2, 0) is 11.3 Å². The van der Waals surface area contributed by atoms with Crippen LogP contribution in [0.25, 0.3) is 0 Å². The Labute approximate surface area is 135 Å². The predicted octanol–water partition coefficient (Wildman–Crippen LogP) is 3.54. The number of esters is 1. The first kappa shape index (κ1) is 14.7. The van der Waals surface area contributed by atoms with Gasteiger partial charge in [0.15, 0.2) is 11.5 Å². The first-order valence-electron chi connectivity index (χ1n) is 6.56. The molecular formula is C16H13BrO5. The molecule has 0 saturated carbocycles. The largest absolute Gasteiger partial charge is 0.497 e. The van der Waals surface area contributed by atoms with E-state index in [9.17, 15) is 4.79 Å². The Bertz CT molecular complexity index is 696. The highest BCUT2D eigenvalue weighted by molar-refractivity contribution is 9.10. The Morgan fingerprint density at radius 1 is 1.18 bits per heavy atom. The maximum absolute atomic E-state index is 12.0. The monoisotopic (exact) mass is 364 g/mol. The van der Waals surface area contributed by atoms with Crippen LogP contribution < -0.4 is 14.2 Å². The maximum Gasteiger partial charge on any atom is 0.338 e. The third-order valence-electron chi connectivity index (χ3n) is 3.23. The van der Waals surface area contributed by atoms with Crippen LogP contribution in [-0.4, -0.2) is 19.9 Å². The van der Waals surface area contributed by atoms with Crippen molar-refractivity contribution in [3.8, 4) is 17.2 Å². The quantitative estimate of drug-likeness (QED) is 0.776. The maximum atomic E-state index is 12.0. The fourth-order valence-electron chi connectivity index (χ4n) is 2.02. The van der Waals surface area contributed by atoms with E-state index in [4.69, 9.17) is 18.9 Å². The lowest BCUT2D eigenvalue weighted by Crippen LogP contribution is -2.05. The van der Waals surface area contributed by atoms with Gasteiger partial charge in [-0.3, -0.25) is 0 Å². The van der Waals surface area contributed by atoms with Gasteiger partial charge in [-0.05, 0) is 36.4 Å². The molecule has 0 spiro atoms. The van der Waals surface area contributed by atoms with Crippen molar-refractivity contribution in [1.82, 2.24) is 0 Å². The molecule has 0 saturated heterocycles. The van der Waals surface area contributed by atoms with E-state index >= 15 is 0 Å². The van der Waals surface area contributed by atoms with Crippen LogP contribution in [0.2, 0.25) is 0 Å². The molecule has 0 atom stereocenters. The molecule has 0 fully saturated rings. The third kappa shape index (κ3) is 3.01. The van der Waals surface area contributed by atoms with Crippen molar-refractivity contribution in [3.63, 3.8) is 0 Å². The van der Waals surface area contributed by atoms with Gasteiger partial charge in [0, 0.05) is 10.0 Å². The minimum Gasteiger partial charge on any atom is -0.497 e. The second kappa shape index (κ2) is 6.27. The van der Waals surface area contributed by atoms with Gasteiger partial charge < -0.3 is 18.9 Å². The zero-order valence-corrected chi connectivity index (χ0v) is 13.4. The average molecular weight is 365 g/mol. The zero-order valence-electron chi connectivity index (χ0n) is 11.8. The van der Waals surface area contributed by atoms with E-state index < -0.39 is 5.97 Å². The molecule has 5 nitrogen and oxygen atoms in total. The number of rotatable bonds is 4. The van der Waals surface area contributed by atoms with Gasteiger partial charge in [-0.15, -0.1) is 0 Å². The molecular weight excluding hydrogens is 352 g/mol. The third-order valence-corrected chi connectivity index (χ3v) is 3.96. The second-order valence-corrected chi connectivity index (χ2v) is 5.46. The van der Waals surface area contributed by atoms with E-state index in [0.717, 1.165) is 10.0 Å². The number of halogens is 1.